The second-order valence-electron chi connectivity index (χ2n) is 4.87. The molecule has 0 N–H and O–H groups in total. The topological polar surface area (TPSA) is 12.5 Å². The minimum atomic E-state index is -2.96. The van der Waals surface area contributed by atoms with Gasteiger partial charge in [-0.3, -0.25) is 0 Å². The van der Waals surface area contributed by atoms with Gasteiger partial charge in [0.05, 0.1) is 0 Å². The Morgan fingerprint density at radius 3 is 2.75 bits per heavy atom. The Morgan fingerprint density at radius 1 is 1.15 bits per heavy atom. The largest absolute Gasteiger partial charge is 0.457 e. The summed E-state index contributed by atoms with van der Waals surface area (Å²) in [6.07, 6.45) is 0. The van der Waals surface area contributed by atoms with Crippen molar-refractivity contribution in [2.75, 3.05) is 20.0 Å². The second kappa shape index (κ2) is 4.51. The van der Waals surface area contributed by atoms with E-state index >= 15 is 0 Å². The lowest BCUT2D eigenvalue weighted by atomic mass is 9.84. The third-order valence-corrected chi connectivity index (χ3v) is 3.89. The monoisotopic (exact) mass is 292 g/mol. The fraction of sp³-hybridized carbons (Fsp3) is 0.294. The number of halogens is 1. The van der Waals surface area contributed by atoms with Crippen molar-refractivity contribution >= 4 is 11.6 Å². The predicted octanol–water partition coefficient (Wildman–Crippen LogP) is 4.26. The van der Waals surface area contributed by atoms with Crippen molar-refractivity contribution in [2.24, 2.45) is 0 Å². The highest BCUT2D eigenvalue weighted by Crippen LogP contribution is 2.49. The zero-order valence-electron chi connectivity index (χ0n) is 17.4. The van der Waals surface area contributed by atoms with Gasteiger partial charge in [-0.05, 0) is 36.8 Å². The summed E-state index contributed by atoms with van der Waals surface area (Å²) in [5.74, 6) is -1.50. The van der Waals surface area contributed by atoms with Crippen molar-refractivity contribution in [3.63, 3.8) is 0 Å². The molecule has 2 heterocycles. The molecule has 0 aromatic heterocycles. The molecule has 0 radical (unpaired) electrons. The maximum atomic E-state index is 8.61. The summed E-state index contributed by atoms with van der Waals surface area (Å²) >= 11 is 6.13. The van der Waals surface area contributed by atoms with E-state index in [1.54, 1.807) is 36.4 Å². The van der Waals surface area contributed by atoms with Crippen LogP contribution in [-0.2, 0) is 0 Å². The van der Waals surface area contributed by atoms with Crippen LogP contribution in [0.25, 0.3) is 0 Å². The van der Waals surface area contributed by atoms with Gasteiger partial charge >= 0.3 is 0 Å². The van der Waals surface area contributed by atoms with Crippen LogP contribution in [0.4, 0.5) is 0 Å². The molecule has 20 heavy (non-hydrogen) atoms. The lowest BCUT2D eigenvalue weighted by molar-refractivity contribution is 0.401. The van der Waals surface area contributed by atoms with E-state index in [1.165, 1.54) is 6.07 Å². The predicted molar refractivity (Wildman–Crippen MR) is 80.9 cm³/mol. The third-order valence-electron chi connectivity index (χ3n) is 3.65. The highest BCUT2D eigenvalue weighted by Gasteiger charge is 2.38. The number of nitrogens with zero attached hydrogens (tertiary/aromatic N) is 1. The summed E-state index contributed by atoms with van der Waals surface area (Å²) in [5.41, 5.74) is 0.778. The fourth-order valence-electron chi connectivity index (χ4n) is 2.77. The Balaban J connectivity index is 2.07. The fourth-order valence-corrected chi connectivity index (χ4v) is 2.95. The van der Waals surface area contributed by atoms with Crippen LogP contribution in [0, 0.1) is 0 Å². The zero-order chi connectivity index (χ0) is 19.8. The maximum absolute atomic E-state index is 8.61. The van der Waals surface area contributed by atoms with Crippen LogP contribution in [0.2, 0.25) is 5.02 Å². The first-order valence-corrected chi connectivity index (χ1v) is 6.70. The molecule has 2 aliphatic rings. The van der Waals surface area contributed by atoms with Crippen molar-refractivity contribution in [1.82, 2.24) is 4.90 Å². The van der Waals surface area contributed by atoms with Crippen LogP contribution in [-0.4, -0.2) is 24.9 Å². The van der Waals surface area contributed by atoms with E-state index in [2.05, 4.69) is 0 Å². The summed E-state index contributed by atoms with van der Waals surface area (Å²) in [7, 11) is 0. The number of likely N-dealkylation sites (tertiary alicyclic amines) is 1. The molecule has 0 bridgehead atoms. The van der Waals surface area contributed by atoms with Gasteiger partial charge in [-0.15, -0.1) is 0 Å². The van der Waals surface area contributed by atoms with Crippen LogP contribution in [0.3, 0.4) is 0 Å². The Labute approximate surface area is 133 Å². The van der Waals surface area contributed by atoms with E-state index in [4.69, 9.17) is 25.9 Å². The third kappa shape index (κ3) is 1.83. The first-order chi connectivity index (χ1) is 12.5. The number of hydrogen-bond acceptors (Lipinski definition) is 2. The standard InChI is InChI=1S/C17H16ClNO/c1-19-9-14-12-4-2-3-5-16(12)20-17-7-6-11(18)8-13(17)15(14)10-19/h2-8,14-15H,9-10H2,1H3/t14-,15-/m0/s1/i1D3,9D2,10D2. The molecule has 0 saturated carbocycles. The lowest BCUT2D eigenvalue weighted by Crippen LogP contribution is -2.14. The quantitative estimate of drug-likeness (QED) is 0.719. The molecule has 2 aromatic carbocycles. The Hall–Kier alpha value is -1.51. The normalized spacial score (nSPS) is 35.1. The van der Waals surface area contributed by atoms with Crippen molar-refractivity contribution in [3.8, 4) is 11.5 Å². The van der Waals surface area contributed by atoms with Crippen LogP contribution in [0.5, 0.6) is 11.5 Å². The molecule has 0 spiro atoms. The van der Waals surface area contributed by atoms with Crippen molar-refractivity contribution < 1.29 is 14.3 Å². The Bertz CT molecular complexity index is 914. The smallest absolute Gasteiger partial charge is 0.131 e. The van der Waals surface area contributed by atoms with Gasteiger partial charge < -0.3 is 9.64 Å². The molecule has 0 unspecified atom stereocenters. The van der Waals surface area contributed by atoms with Gasteiger partial charge in [0.15, 0.2) is 0 Å². The summed E-state index contributed by atoms with van der Waals surface area (Å²) in [6, 6.07) is 11.5. The average molecular weight is 293 g/mol. The van der Waals surface area contributed by atoms with E-state index in [-0.39, 0.29) is 0 Å². The number of hydrogen-bond donors (Lipinski definition) is 0. The Kier molecular flexibility index (Phi) is 1.57. The molecular weight excluding hydrogens is 270 g/mol. The number of fused-ring (bicyclic) bond motifs is 5. The highest BCUT2D eigenvalue weighted by molar-refractivity contribution is 6.30. The molecule has 1 fully saturated rings. The van der Waals surface area contributed by atoms with Crippen LogP contribution >= 0.6 is 11.6 Å². The minimum Gasteiger partial charge on any atom is -0.457 e. The van der Waals surface area contributed by atoms with E-state index in [9.17, 15) is 0 Å². The van der Waals surface area contributed by atoms with Crippen molar-refractivity contribution in [2.45, 2.75) is 11.8 Å². The van der Waals surface area contributed by atoms with E-state index in [1.807, 2.05) is 0 Å². The minimum absolute atomic E-state index is 0.339. The zero-order valence-corrected chi connectivity index (χ0v) is 11.2. The molecule has 2 aliphatic heterocycles. The first kappa shape index (κ1) is 6.97. The van der Waals surface area contributed by atoms with Crippen LogP contribution in [0.1, 0.15) is 32.6 Å². The number of ether oxygens (including phenoxy) is 1. The molecule has 2 atom stereocenters. The highest BCUT2D eigenvalue weighted by atomic mass is 35.5. The number of para-hydroxylation sites is 1. The SMILES string of the molecule is [2H]C([2H])([2H])N1C([2H])([2H])[C@H]2c3ccccc3Oc3ccc(Cl)cc3[C@@H]2C1([2H])[2H]. The second-order valence-corrected chi connectivity index (χ2v) is 5.31. The van der Waals surface area contributed by atoms with Gasteiger partial charge in [-0.25, -0.2) is 0 Å². The summed E-state index contributed by atoms with van der Waals surface area (Å²) in [4.78, 5) is 0.370. The van der Waals surface area contributed by atoms with Gasteiger partial charge in [0.25, 0.3) is 0 Å². The summed E-state index contributed by atoms with van der Waals surface area (Å²) in [6.45, 7) is -7.95. The molecule has 2 aromatic rings. The lowest BCUT2D eigenvalue weighted by Gasteiger charge is -2.17. The average Bonchev–Trinajstić information content (AvgIpc) is 2.63. The van der Waals surface area contributed by atoms with Crippen molar-refractivity contribution in [3.05, 3.63) is 58.6 Å². The molecule has 4 rings (SSSR count). The summed E-state index contributed by atoms with van der Waals surface area (Å²) < 4.78 is 63.7. The summed E-state index contributed by atoms with van der Waals surface area (Å²) in [5, 5.41) is 0.339. The first-order valence-electron chi connectivity index (χ1n) is 9.82. The van der Waals surface area contributed by atoms with Gasteiger partial charge in [0.1, 0.15) is 11.5 Å². The molecule has 2 nitrogen and oxygen atoms in total. The Morgan fingerprint density at radius 2 is 1.90 bits per heavy atom. The number of likely N-dealkylation sites (N-methyl/N-ethyl adjacent to an activating group) is 1. The van der Waals surface area contributed by atoms with Gasteiger partial charge in [0, 0.05) is 45.0 Å². The van der Waals surface area contributed by atoms with Gasteiger partial charge in [-0.2, -0.15) is 0 Å². The molecule has 102 valence electrons. The van der Waals surface area contributed by atoms with E-state index in [0.717, 1.165) is 0 Å². The maximum Gasteiger partial charge on any atom is 0.131 e. The van der Waals surface area contributed by atoms with E-state index in [0.29, 0.717) is 32.5 Å². The molecular formula is C17H16ClNO. The molecule has 3 heteroatoms. The molecule has 0 amide bonds. The van der Waals surface area contributed by atoms with Gasteiger partial charge in [-0.1, -0.05) is 29.8 Å². The van der Waals surface area contributed by atoms with Crippen molar-refractivity contribution in [1.29, 1.82) is 0 Å². The van der Waals surface area contributed by atoms with Crippen LogP contribution in [0.15, 0.2) is 42.5 Å². The number of benzene rings is 2. The number of rotatable bonds is 0. The van der Waals surface area contributed by atoms with Gasteiger partial charge in [0.2, 0.25) is 0 Å². The van der Waals surface area contributed by atoms with Crippen LogP contribution < -0.4 is 4.74 Å². The molecule has 0 aliphatic carbocycles. The molecule has 1 saturated heterocycles. The van der Waals surface area contributed by atoms with E-state index < -0.39 is 31.8 Å².